The van der Waals surface area contributed by atoms with Gasteiger partial charge in [0, 0.05) is 6.54 Å². The molecule has 1 amide bonds. The molecule has 4 N–H and O–H groups in total. The zero-order valence-corrected chi connectivity index (χ0v) is 11.5. The van der Waals surface area contributed by atoms with Crippen molar-refractivity contribution in [1.29, 1.82) is 0 Å². The van der Waals surface area contributed by atoms with Crippen LogP contribution >= 0.6 is 0 Å². The van der Waals surface area contributed by atoms with E-state index >= 15 is 0 Å². The highest BCUT2D eigenvalue weighted by Gasteiger charge is 2.45. The Bertz CT molecular complexity index is 462. The van der Waals surface area contributed by atoms with E-state index in [0.29, 0.717) is 29.3 Å². The Morgan fingerprint density at radius 2 is 2.22 bits per heavy atom. The lowest BCUT2D eigenvalue weighted by Gasteiger charge is -2.06. The SMILES string of the molecule is CC(C)c1[nH]nc(C(=O)NCC2CC2(C)C)c1N. The summed E-state index contributed by atoms with van der Waals surface area (Å²) in [5.74, 6) is 0.631. The van der Waals surface area contributed by atoms with Gasteiger partial charge in [0.15, 0.2) is 5.69 Å². The highest BCUT2D eigenvalue weighted by Crippen LogP contribution is 2.50. The van der Waals surface area contributed by atoms with E-state index < -0.39 is 0 Å². The molecule has 100 valence electrons. The first-order valence-corrected chi connectivity index (χ1v) is 6.45. The van der Waals surface area contributed by atoms with Crippen molar-refractivity contribution in [3.05, 3.63) is 11.4 Å². The topological polar surface area (TPSA) is 83.8 Å². The van der Waals surface area contributed by atoms with Gasteiger partial charge in [-0.2, -0.15) is 5.10 Å². The fourth-order valence-electron chi connectivity index (χ4n) is 2.20. The Morgan fingerprint density at radius 3 is 2.67 bits per heavy atom. The Kier molecular flexibility index (Phi) is 3.09. The maximum Gasteiger partial charge on any atom is 0.273 e. The van der Waals surface area contributed by atoms with Crippen LogP contribution in [0.5, 0.6) is 0 Å². The number of hydrogen-bond donors (Lipinski definition) is 3. The van der Waals surface area contributed by atoms with Gasteiger partial charge in [-0.05, 0) is 23.7 Å². The molecule has 0 radical (unpaired) electrons. The van der Waals surface area contributed by atoms with Crippen molar-refractivity contribution in [2.45, 2.75) is 40.0 Å². The lowest BCUT2D eigenvalue weighted by atomic mass is 10.1. The second kappa shape index (κ2) is 4.30. The van der Waals surface area contributed by atoms with Crippen molar-refractivity contribution >= 4 is 11.6 Å². The largest absolute Gasteiger partial charge is 0.395 e. The van der Waals surface area contributed by atoms with Crippen LogP contribution in [-0.4, -0.2) is 22.6 Å². The summed E-state index contributed by atoms with van der Waals surface area (Å²) >= 11 is 0. The van der Waals surface area contributed by atoms with Crippen molar-refractivity contribution in [1.82, 2.24) is 15.5 Å². The average molecular weight is 250 g/mol. The lowest BCUT2D eigenvalue weighted by Crippen LogP contribution is -2.27. The minimum absolute atomic E-state index is 0.182. The van der Waals surface area contributed by atoms with Gasteiger partial charge in [0.25, 0.3) is 5.91 Å². The van der Waals surface area contributed by atoms with Crippen LogP contribution in [0.3, 0.4) is 0 Å². The molecule has 0 bridgehead atoms. The molecule has 1 heterocycles. The van der Waals surface area contributed by atoms with Gasteiger partial charge in [0.05, 0.1) is 11.4 Å². The normalized spacial score (nSPS) is 21.1. The first kappa shape index (κ1) is 12.9. The zero-order valence-electron chi connectivity index (χ0n) is 11.5. The predicted octanol–water partition coefficient (Wildman–Crippen LogP) is 1.89. The number of nitrogens with two attached hydrogens (primary N) is 1. The summed E-state index contributed by atoms with van der Waals surface area (Å²) in [6.07, 6.45) is 1.17. The molecule has 1 saturated carbocycles. The molecule has 2 rings (SSSR count). The summed E-state index contributed by atoms with van der Waals surface area (Å²) in [6.45, 7) is 9.15. The van der Waals surface area contributed by atoms with Gasteiger partial charge in [-0.3, -0.25) is 9.89 Å². The molecule has 1 fully saturated rings. The van der Waals surface area contributed by atoms with Gasteiger partial charge in [-0.1, -0.05) is 27.7 Å². The van der Waals surface area contributed by atoms with Crippen molar-refractivity contribution in [2.24, 2.45) is 11.3 Å². The fourth-order valence-corrected chi connectivity index (χ4v) is 2.20. The van der Waals surface area contributed by atoms with Gasteiger partial charge in [0.2, 0.25) is 0 Å². The maximum absolute atomic E-state index is 12.0. The van der Waals surface area contributed by atoms with Crippen LogP contribution in [0.1, 0.15) is 56.2 Å². The van der Waals surface area contributed by atoms with Crippen LogP contribution in [0.15, 0.2) is 0 Å². The second-order valence-corrected chi connectivity index (χ2v) is 6.15. The molecule has 1 aromatic heterocycles. The number of hydrogen-bond acceptors (Lipinski definition) is 3. The molecule has 0 spiro atoms. The average Bonchev–Trinajstić information content (AvgIpc) is 2.69. The lowest BCUT2D eigenvalue weighted by molar-refractivity contribution is 0.0946. The summed E-state index contributed by atoms with van der Waals surface area (Å²) in [6, 6.07) is 0. The van der Waals surface area contributed by atoms with Crippen molar-refractivity contribution in [2.75, 3.05) is 12.3 Å². The number of nitrogens with one attached hydrogen (secondary N) is 2. The second-order valence-electron chi connectivity index (χ2n) is 6.15. The van der Waals surface area contributed by atoms with E-state index in [9.17, 15) is 4.79 Å². The van der Waals surface area contributed by atoms with Crippen LogP contribution < -0.4 is 11.1 Å². The number of H-pyrrole nitrogens is 1. The maximum atomic E-state index is 12.0. The summed E-state index contributed by atoms with van der Waals surface area (Å²) in [5, 5.41) is 9.76. The van der Waals surface area contributed by atoms with Crippen LogP contribution in [0.2, 0.25) is 0 Å². The van der Waals surface area contributed by atoms with Crippen molar-refractivity contribution < 1.29 is 4.79 Å². The Balaban J connectivity index is 1.97. The minimum atomic E-state index is -0.182. The molecular weight excluding hydrogens is 228 g/mol. The smallest absolute Gasteiger partial charge is 0.273 e. The third kappa shape index (κ3) is 2.35. The highest BCUT2D eigenvalue weighted by molar-refractivity contribution is 5.97. The summed E-state index contributed by atoms with van der Waals surface area (Å²) in [7, 11) is 0. The van der Waals surface area contributed by atoms with E-state index in [1.807, 2.05) is 13.8 Å². The molecule has 18 heavy (non-hydrogen) atoms. The Morgan fingerprint density at radius 1 is 1.61 bits per heavy atom. The van der Waals surface area contributed by atoms with Crippen LogP contribution in [0.25, 0.3) is 0 Å². The number of rotatable bonds is 4. The third-order valence-corrected chi connectivity index (χ3v) is 3.85. The number of nitrogen functional groups attached to an aromatic ring is 1. The first-order valence-electron chi connectivity index (χ1n) is 6.45. The number of carbonyl (C=O) groups excluding carboxylic acids is 1. The first-order chi connectivity index (χ1) is 8.33. The predicted molar refractivity (Wildman–Crippen MR) is 71.3 cm³/mol. The van der Waals surface area contributed by atoms with Gasteiger partial charge < -0.3 is 11.1 Å². The fraction of sp³-hybridized carbons (Fsp3) is 0.692. The van der Waals surface area contributed by atoms with Crippen LogP contribution in [0, 0.1) is 11.3 Å². The summed E-state index contributed by atoms with van der Waals surface area (Å²) < 4.78 is 0. The van der Waals surface area contributed by atoms with E-state index in [-0.39, 0.29) is 11.8 Å². The summed E-state index contributed by atoms with van der Waals surface area (Å²) in [4.78, 5) is 12.0. The number of aromatic amines is 1. The van der Waals surface area contributed by atoms with Gasteiger partial charge in [-0.15, -0.1) is 0 Å². The number of anilines is 1. The van der Waals surface area contributed by atoms with Gasteiger partial charge >= 0.3 is 0 Å². The molecular formula is C13H22N4O. The molecule has 5 nitrogen and oxygen atoms in total. The van der Waals surface area contributed by atoms with Gasteiger partial charge in [0.1, 0.15) is 0 Å². The van der Waals surface area contributed by atoms with Crippen LogP contribution in [-0.2, 0) is 0 Å². The number of nitrogens with zero attached hydrogens (tertiary/aromatic N) is 1. The molecule has 1 atom stereocenters. The molecule has 0 aromatic carbocycles. The van der Waals surface area contributed by atoms with Crippen molar-refractivity contribution in [3.8, 4) is 0 Å². The minimum Gasteiger partial charge on any atom is -0.395 e. The molecule has 5 heteroatoms. The number of carbonyl (C=O) groups is 1. The van der Waals surface area contributed by atoms with Gasteiger partial charge in [-0.25, -0.2) is 0 Å². The Labute approximate surface area is 108 Å². The number of amides is 1. The van der Waals surface area contributed by atoms with Crippen LogP contribution in [0.4, 0.5) is 5.69 Å². The highest BCUT2D eigenvalue weighted by atomic mass is 16.1. The Hall–Kier alpha value is -1.52. The third-order valence-electron chi connectivity index (χ3n) is 3.85. The standard InChI is InChI=1S/C13H22N4O/c1-7(2)10-9(14)11(17-16-10)12(18)15-6-8-5-13(8,3)4/h7-8H,5-6,14H2,1-4H3,(H,15,18)(H,16,17). The zero-order chi connectivity index (χ0) is 13.5. The van der Waals surface area contributed by atoms with E-state index in [1.165, 1.54) is 6.42 Å². The monoisotopic (exact) mass is 250 g/mol. The molecule has 0 saturated heterocycles. The van der Waals surface area contributed by atoms with E-state index in [1.54, 1.807) is 0 Å². The van der Waals surface area contributed by atoms with Crippen molar-refractivity contribution in [3.63, 3.8) is 0 Å². The molecule has 1 unspecified atom stereocenters. The van der Waals surface area contributed by atoms with E-state index in [4.69, 9.17) is 5.73 Å². The molecule has 1 aromatic rings. The number of aromatic nitrogens is 2. The molecule has 1 aliphatic carbocycles. The van der Waals surface area contributed by atoms with E-state index in [2.05, 4.69) is 29.4 Å². The molecule has 1 aliphatic rings. The molecule has 0 aliphatic heterocycles. The summed E-state index contributed by atoms with van der Waals surface area (Å²) in [5.41, 5.74) is 7.91. The van der Waals surface area contributed by atoms with E-state index in [0.717, 1.165) is 5.69 Å². The quantitative estimate of drug-likeness (QED) is 0.763.